The summed E-state index contributed by atoms with van der Waals surface area (Å²) in [4.78, 5) is 7.94. The van der Waals surface area contributed by atoms with Crippen LogP contribution >= 0.6 is 0 Å². The third kappa shape index (κ3) is 4.43. The van der Waals surface area contributed by atoms with Gasteiger partial charge in [-0.3, -0.25) is 18.4 Å². The van der Waals surface area contributed by atoms with Gasteiger partial charge in [-0.2, -0.15) is 11.2 Å². The largest absolute Gasteiger partial charge is 2.00 e. The van der Waals surface area contributed by atoms with Gasteiger partial charge in [0, 0.05) is 23.5 Å². The fourth-order valence-corrected chi connectivity index (χ4v) is 4.51. The molecule has 4 nitrogen and oxygen atoms in total. The van der Waals surface area contributed by atoms with E-state index in [0.717, 1.165) is 50.3 Å². The van der Waals surface area contributed by atoms with Crippen molar-refractivity contribution in [3.63, 3.8) is 0 Å². The molecule has 0 bridgehead atoms. The van der Waals surface area contributed by atoms with Crippen molar-refractivity contribution in [2.24, 2.45) is 0 Å². The fourth-order valence-electron chi connectivity index (χ4n) is 4.51. The van der Waals surface area contributed by atoms with Gasteiger partial charge in [0.15, 0.2) is 0 Å². The summed E-state index contributed by atoms with van der Waals surface area (Å²) >= 11 is 0. The van der Waals surface area contributed by atoms with Crippen LogP contribution in [0.25, 0.3) is 16.9 Å². The van der Waals surface area contributed by atoms with Crippen LogP contribution in [0.3, 0.4) is 0 Å². The Labute approximate surface area is 208 Å². The van der Waals surface area contributed by atoms with Gasteiger partial charge in [-0.25, -0.2) is 8.78 Å². The number of pyridine rings is 2. The fraction of sp³-hybridized carbons (Fsp3) is 0.240. The van der Waals surface area contributed by atoms with E-state index in [1.54, 1.807) is 24.4 Å². The molecule has 0 aliphatic heterocycles. The van der Waals surface area contributed by atoms with E-state index in [9.17, 15) is 17.6 Å². The second-order valence-electron chi connectivity index (χ2n) is 8.10. The van der Waals surface area contributed by atoms with E-state index in [1.165, 1.54) is 4.68 Å². The first-order valence-corrected chi connectivity index (χ1v) is 10.6. The van der Waals surface area contributed by atoms with Gasteiger partial charge in [-0.1, -0.05) is 43.0 Å². The van der Waals surface area contributed by atoms with Crippen LogP contribution in [0.1, 0.15) is 43.5 Å². The van der Waals surface area contributed by atoms with E-state index in [2.05, 4.69) is 22.2 Å². The van der Waals surface area contributed by atoms with Crippen LogP contribution < -0.4 is 0 Å². The van der Waals surface area contributed by atoms with Crippen molar-refractivity contribution in [1.29, 1.82) is 0 Å². The number of halogens is 4. The molecule has 9 heteroatoms. The maximum absolute atomic E-state index is 14.3. The average molecular weight is 646 g/mol. The van der Waals surface area contributed by atoms with Crippen LogP contribution in [0, 0.1) is 35.7 Å². The molecule has 0 radical (unpaired) electrons. The van der Waals surface area contributed by atoms with Crippen LogP contribution in [0.4, 0.5) is 17.6 Å². The Kier molecular flexibility index (Phi) is 6.98. The molecule has 1 saturated carbocycles. The van der Waals surface area contributed by atoms with Crippen molar-refractivity contribution in [2.75, 3.05) is 0 Å². The molecule has 0 amide bonds. The average Bonchev–Trinajstić information content (AvgIpc) is 3.30. The topological polar surface area (TPSA) is 43.6 Å². The first kappa shape index (κ1) is 24.3. The minimum absolute atomic E-state index is 0. The SMILES string of the molecule is Fc1c[c-]c(-n2ccc(C3(c4cccc(-c5[c-]cc(F)nc5F)n4)CCCCC3)n2)c(F)c1.[Pt+2]. The van der Waals surface area contributed by atoms with Gasteiger partial charge in [0.2, 0.25) is 0 Å². The Balaban J connectivity index is 0.00000274. The van der Waals surface area contributed by atoms with E-state index in [0.29, 0.717) is 17.1 Å². The molecule has 0 atom stereocenters. The van der Waals surface area contributed by atoms with E-state index >= 15 is 0 Å². The molecule has 0 spiro atoms. The van der Waals surface area contributed by atoms with E-state index in [1.807, 2.05) is 6.07 Å². The zero-order valence-corrected chi connectivity index (χ0v) is 20.0. The Morgan fingerprint density at radius 2 is 1.68 bits per heavy atom. The van der Waals surface area contributed by atoms with E-state index in [4.69, 9.17) is 4.98 Å². The maximum atomic E-state index is 14.3. The molecule has 1 aliphatic rings. The summed E-state index contributed by atoms with van der Waals surface area (Å²) in [7, 11) is 0. The zero-order chi connectivity index (χ0) is 23.0. The molecule has 34 heavy (non-hydrogen) atoms. The third-order valence-corrected chi connectivity index (χ3v) is 6.10. The molecule has 3 aromatic heterocycles. The summed E-state index contributed by atoms with van der Waals surface area (Å²) in [6.07, 6.45) is 6.06. The molecule has 4 aromatic rings. The van der Waals surface area contributed by atoms with E-state index < -0.39 is 28.9 Å². The molecule has 1 aromatic carbocycles. The van der Waals surface area contributed by atoms with E-state index in [-0.39, 0.29) is 32.3 Å². The number of benzene rings is 1. The van der Waals surface area contributed by atoms with Crippen molar-refractivity contribution in [1.82, 2.24) is 19.7 Å². The Morgan fingerprint density at radius 1 is 0.882 bits per heavy atom. The second kappa shape index (κ2) is 9.78. The molecule has 3 heterocycles. The third-order valence-electron chi connectivity index (χ3n) is 6.10. The number of rotatable bonds is 4. The molecule has 1 aliphatic carbocycles. The van der Waals surface area contributed by atoms with Gasteiger partial charge < -0.3 is 4.98 Å². The number of aromatic nitrogens is 4. The normalized spacial score (nSPS) is 15.1. The van der Waals surface area contributed by atoms with Crippen molar-refractivity contribution in [2.45, 2.75) is 37.5 Å². The van der Waals surface area contributed by atoms with Gasteiger partial charge in [0.25, 0.3) is 0 Å². The molecule has 0 unspecified atom stereocenters. The summed E-state index contributed by atoms with van der Waals surface area (Å²) in [6, 6.07) is 15.0. The first-order valence-electron chi connectivity index (χ1n) is 10.6. The van der Waals surface area contributed by atoms with Gasteiger partial charge in [0.05, 0.1) is 11.1 Å². The van der Waals surface area contributed by atoms with Crippen molar-refractivity contribution in [3.05, 3.63) is 95.7 Å². The van der Waals surface area contributed by atoms with Crippen LogP contribution in [0.5, 0.6) is 0 Å². The Morgan fingerprint density at radius 3 is 2.41 bits per heavy atom. The predicted molar refractivity (Wildman–Crippen MR) is 112 cm³/mol. The summed E-state index contributed by atoms with van der Waals surface area (Å²) < 4.78 is 56.5. The Hall–Kier alpha value is -2.86. The standard InChI is InChI=1S/C25H18F4N4.Pt/c26-16-7-9-20(18(27)15-16)33-14-11-22(32-33)25(12-2-1-3-13-25)21-6-4-5-19(30-21)17-8-10-23(28)31-24(17)29;/h4-7,10-11,14-15H,1-3,12-13H2;/q-2;+2. The van der Waals surface area contributed by atoms with Crippen LogP contribution in [-0.4, -0.2) is 19.7 Å². The van der Waals surface area contributed by atoms with Crippen molar-refractivity contribution in [3.8, 4) is 16.9 Å². The molecule has 1 fully saturated rings. The molecule has 5 rings (SSSR count). The van der Waals surface area contributed by atoms with Gasteiger partial charge in [0.1, 0.15) is 11.9 Å². The minimum atomic E-state index is -0.982. The predicted octanol–water partition coefficient (Wildman–Crippen LogP) is 5.73. The molecule has 0 N–H and O–H groups in total. The van der Waals surface area contributed by atoms with Crippen LogP contribution in [0.2, 0.25) is 0 Å². The first-order chi connectivity index (χ1) is 16.0. The molecular formula is C25H18F4N4Pt. The summed E-state index contributed by atoms with van der Waals surface area (Å²) in [5.41, 5.74) is 1.10. The van der Waals surface area contributed by atoms with Crippen molar-refractivity contribution >= 4 is 0 Å². The Bertz CT molecular complexity index is 1320. The summed E-state index contributed by atoms with van der Waals surface area (Å²) in [5.74, 6) is -3.42. The van der Waals surface area contributed by atoms with Crippen LogP contribution in [0.15, 0.2) is 48.7 Å². The molecular weight excluding hydrogens is 627 g/mol. The number of hydrogen-bond acceptors (Lipinski definition) is 3. The smallest absolute Gasteiger partial charge is 0.300 e. The van der Waals surface area contributed by atoms with Crippen molar-refractivity contribution < 1.29 is 38.6 Å². The molecule has 0 saturated heterocycles. The van der Waals surface area contributed by atoms with Gasteiger partial charge in [-0.05, 0) is 36.4 Å². The number of hydrogen-bond donors (Lipinski definition) is 0. The minimum Gasteiger partial charge on any atom is -0.300 e. The van der Waals surface area contributed by atoms with Gasteiger partial charge >= 0.3 is 21.1 Å². The zero-order valence-electron chi connectivity index (χ0n) is 17.8. The van der Waals surface area contributed by atoms with Gasteiger partial charge in [-0.15, -0.1) is 18.2 Å². The summed E-state index contributed by atoms with van der Waals surface area (Å²) in [6.45, 7) is 0. The quantitative estimate of drug-likeness (QED) is 0.162. The maximum Gasteiger partial charge on any atom is 2.00 e. The monoisotopic (exact) mass is 645 g/mol. The van der Waals surface area contributed by atoms with Crippen LogP contribution in [-0.2, 0) is 26.5 Å². The number of nitrogens with zero attached hydrogens (tertiary/aromatic N) is 4. The second-order valence-corrected chi connectivity index (χ2v) is 8.10. The summed E-state index contributed by atoms with van der Waals surface area (Å²) in [5, 5.41) is 4.61. The molecule has 176 valence electrons.